The number of ketones is 1. The third-order valence-corrected chi connectivity index (χ3v) is 4.77. The second kappa shape index (κ2) is 8.41. The average molecular weight is 382 g/mol. The lowest BCUT2D eigenvalue weighted by molar-refractivity contribution is 0.103. The number of rotatable bonds is 6. The molecule has 0 saturated heterocycles. The Morgan fingerprint density at radius 3 is 2.36 bits per heavy atom. The van der Waals surface area contributed by atoms with E-state index in [9.17, 15) is 20.0 Å². The third-order valence-electron chi connectivity index (χ3n) is 4.77. The molecule has 0 aliphatic rings. The first-order chi connectivity index (χ1) is 13.1. The van der Waals surface area contributed by atoms with Crippen molar-refractivity contribution in [3.05, 3.63) is 62.4 Å². The molecule has 0 atom stereocenters. The van der Waals surface area contributed by atoms with Crippen LogP contribution in [0.2, 0.25) is 0 Å². The molecule has 148 valence electrons. The summed E-state index contributed by atoms with van der Waals surface area (Å²) in [6.07, 6.45) is 0.464. The quantitative estimate of drug-likeness (QED) is 0.611. The summed E-state index contributed by atoms with van der Waals surface area (Å²) in [7, 11) is 1.54. The van der Waals surface area contributed by atoms with E-state index in [0.717, 1.165) is 10.1 Å². The minimum Gasteiger partial charge on any atom is -0.494 e. The van der Waals surface area contributed by atoms with Gasteiger partial charge in [0.2, 0.25) is 5.88 Å². The molecule has 2 rings (SSSR count). The highest BCUT2D eigenvalue weighted by atomic mass is 16.5. The van der Waals surface area contributed by atoms with Crippen molar-refractivity contribution in [1.29, 1.82) is 5.26 Å². The largest absolute Gasteiger partial charge is 0.494 e. The number of aromatic hydroxyl groups is 1. The zero-order valence-electron chi connectivity index (χ0n) is 17.0. The van der Waals surface area contributed by atoms with Crippen LogP contribution < -0.4 is 5.56 Å². The summed E-state index contributed by atoms with van der Waals surface area (Å²) in [6.45, 7) is 8.28. The summed E-state index contributed by atoms with van der Waals surface area (Å²) in [4.78, 5) is 25.6. The lowest BCUT2D eigenvalue weighted by Gasteiger charge is -2.19. The second-order valence-corrected chi connectivity index (χ2v) is 7.77. The highest BCUT2D eigenvalue weighted by molar-refractivity contribution is 6.11. The number of hydrogen-bond donors (Lipinski definition) is 1. The van der Waals surface area contributed by atoms with Crippen LogP contribution in [0.4, 0.5) is 0 Å². The number of methoxy groups -OCH3 is 1. The van der Waals surface area contributed by atoms with Gasteiger partial charge in [0.25, 0.3) is 5.56 Å². The van der Waals surface area contributed by atoms with Crippen molar-refractivity contribution < 1.29 is 14.6 Å². The first kappa shape index (κ1) is 21.4. The molecule has 28 heavy (non-hydrogen) atoms. The predicted octanol–water partition coefficient (Wildman–Crippen LogP) is 3.30. The SMILES string of the molecule is COCCCn1c(O)c(C(=O)c2ccc(C(C)(C)C)cc2)c(C)c(C#N)c1=O. The highest BCUT2D eigenvalue weighted by Crippen LogP contribution is 2.27. The normalized spacial score (nSPS) is 11.3. The Morgan fingerprint density at radius 2 is 1.86 bits per heavy atom. The summed E-state index contributed by atoms with van der Waals surface area (Å²) in [5.74, 6) is -0.838. The molecule has 2 aromatic rings. The number of pyridine rings is 1. The monoisotopic (exact) mass is 382 g/mol. The van der Waals surface area contributed by atoms with Crippen molar-refractivity contribution in [2.75, 3.05) is 13.7 Å². The van der Waals surface area contributed by atoms with E-state index in [-0.39, 0.29) is 28.7 Å². The van der Waals surface area contributed by atoms with Crippen LogP contribution in [0, 0.1) is 18.3 Å². The van der Waals surface area contributed by atoms with Crippen LogP contribution in [0.3, 0.4) is 0 Å². The van der Waals surface area contributed by atoms with Crippen LogP contribution in [0.1, 0.15) is 59.8 Å². The molecule has 0 bridgehead atoms. The molecule has 0 amide bonds. The summed E-state index contributed by atoms with van der Waals surface area (Å²) < 4.78 is 6.05. The van der Waals surface area contributed by atoms with Gasteiger partial charge in [-0.25, -0.2) is 0 Å². The van der Waals surface area contributed by atoms with E-state index in [1.807, 2.05) is 18.2 Å². The van der Waals surface area contributed by atoms with E-state index in [2.05, 4.69) is 20.8 Å². The van der Waals surface area contributed by atoms with Crippen molar-refractivity contribution >= 4 is 5.78 Å². The second-order valence-electron chi connectivity index (χ2n) is 7.77. The van der Waals surface area contributed by atoms with Crippen molar-refractivity contribution in [1.82, 2.24) is 4.57 Å². The molecule has 0 saturated carbocycles. The molecule has 1 heterocycles. The first-order valence-corrected chi connectivity index (χ1v) is 9.14. The van der Waals surface area contributed by atoms with Crippen LogP contribution in [0.5, 0.6) is 5.88 Å². The molecular formula is C22H26N2O4. The number of hydrogen-bond acceptors (Lipinski definition) is 5. The minimum atomic E-state index is -0.603. The van der Waals surface area contributed by atoms with Gasteiger partial charge in [-0.2, -0.15) is 5.26 Å². The number of benzene rings is 1. The van der Waals surface area contributed by atoms with E-state index >= 15 is 0 Å². The van der Waals surface area contributed by atoms with Gasteiger partial charge >= 0.3 is 0 Å². The highest BCUT2D eigenvalue weighted by Gasteiger charge is 2.25. The van der Waals surface area contributed by atoms with Gasteiger partial charge < -0.3 is 9.84 Å². The molecule has 6 nitrogen and oxygen atoms in total. The smallest absolute Gasteiger partial charge is 0.271 e. The first-order valence-electron chi connectivity index (χ1n) is 9.14. The molecule has 0 aliphatic heterocycles. The molecule has 0 radical (unpaired) electrons. The van der Waals surface area contributed by atoms with E-state index in [1.54, 1.807) is 12.1 Å². The van der Waals surface area contributed by atoms with Crippen molar-refractivity contribution in [3.63, 3.8) is 0 Å². The lowest BCUT2D eigenvalue weighted by Crippen LogP contribution is -2.27. The fraction of sp³-hybridized carbons (Fsp3) is 0.409. The average Bonchev–Trinajstić information content (AvgIpc) is 2.64. The zero-order valence-corrected chi connectivity index (χ0v) is 17.0. The lowest BCUT2D eigenvalue weighted by atomic mass is 9.86. The molecule has 6 heteroatoms. The summed E-state index contributed by atoms with van der Waals surface area (Å²) in [5, 5.41) is 20.1. The summed E-state index contributed by atoms with van der Waals surface area (Å²) >= 11 is 0. The van der Waals surface area contributed by atoms with Crippen LogP contribution in [-0.2, 0) is 16.7 Å². The van der Waals surface area contributed by atoms with Crippen LogP contribution in [0.15, 0.2) is 29.1 Å². The molecule has 1 N–H and O–H groups in total. The van der Waals surface area contributed by atoms with Gasteiger partial charge in [0.15, 0.2) is 5.78 Å². The Bertz CT molecular complexity index is 974. The minimum absolute atomic E-state index is 0.0166. The number of carbonyl (C=O) groups is 1. The maximum atomic E-state index is 13.1. The Hall–Kier alpha value is -2.91. The number of nitrogens with zero attached hydrogens (tertiary/aromatic N) is 2. The van der Waals surface area contributed by atoms with Gasteiger partial charge in [0, 0.05) is 25.8 Å². The number of ether oxygens (including phenoxy) is 1. The van der Waals surface area contributed by atoms with Crippen molar-refractivity contribution in [2.24, 2.45) is 0 Å². The van der Waals surface area contributed by atoms with E-state index < -0.39 is 17.2 Å². The Kier molecular flexibility index (Phi) is 6.42. The van der Waals surface area contributed by atoms with Crippen LogP contribution >= 0.6 is 0 Å². The van der Waals surface area contributed by atoms with E-state index in [4.69, 9.17) is 4.74 Å². The Labute approximate surface area is 165 Å². The fourth-order valence-electron chi connectivity index (χ4n) is 3.06. The van der Waals surface area contributed by atoms with Gasteiger partial charge in [0.05, 0.1) is 5.56 Å². The molecule has 0 fully saturated rings. The van der Waals surface area contributed by atoms with Gasteiger partial charge in [-0.05, 0) is 29.9 Å². The predicted molar refractivity (Wildman–Crippen MR) is 107 cm³/mol. The molecule has 0 unspecified atom stereocenters. The third kappa shape index (κ3) is 4.15. The van der Waals surface area contributed by atoms with Crippen molar-refractivity contribution in [2.45, 2.75) is 46.1 Å². The summed E-state index contributed by atoms with van der Waals surface area (Å²) in [6, 6.07) is 9.02. The topological polar surface area (TPSA) is 92.3 Å². The molecular weight excluding hydrogens is 356 g/mol. The molecule has 0 spiro atoms. The van der Waals surface area contributed by atoms with Gasteiger partial charge in [-0.1, -0.05) is 45.0 Å². The van der Waals surface area contributed by atoms with Crippen molar-refractivity contribution in [3.8, 4) is 11.9 Å². The molecule has 1 aromatic carbocycles. The van der Waals surface area contributed by atoms with Crippen LogP contribution in [0.25, 0.3) is 0 Å². The zero-order chi connectivity index (χ0) is 21.1. The maximum absolute atomic E-state index is 13.1. The number of aromatic nitrogens is 1. The maximum Gasteiger partial charge on any atom is 0.271 e. The van der Waals surface area contributed by atoms with Gasteiger partial charge in [0.1, 0.15) is 11.6 Å². The standard InChI is InChI=1S/C22H26N2O4/c1-14-17(13-23)20(26)24(11-6-12-28-5)21(27)18(14)19(25)15-7-9-16(10-8-15)22(2,3)4/h7-10,27H,6,11-12H2,1-5H3. The van der Waals surface area contributed by atoms with Crippen LogP contribution in [-0.4, -0.2) is 29.2 Å². The number of nitriles is 1. The van der Waals surface area contributed by atoms with E-state index in [1.165, 1.54) is 14.0 Å². The molecule has 1 aromatic heterocycles. The number of carbonyl (C=O) groups excluding carboxylic acids is 1. The Balaban J connectivity index is 2.57. The fourth-order valence-corrected chi connectivity index (χ4v) is 3.06. The van der Waals surface area contributed by atoms with Gasteiger partial charge in [-0.3, -0.25) is 14.2 Å². The summed E-state index contributed by atoms with van der Waals surface area (Å²) in [5.41, 5.74) is 0.847. The molecule has 0 aliphatic carbocycles. The Morgan fingerprint density at radius 1 is 1.25 bits per heavy atom. The van der Waals surface area contributed by atoms with Gasteiger partial charge in [-0.15, -0.1) is 0 Å². The van der Waals surface area contributed by atoms with E-state index in [0.29, 0.717) is 18.6 Å².